The van der Waals surface area contributed by atoms with Crippen LogP contribution in [0.4, 0.5) is 0 Å². The van der Waals surface area contributed by atoms with Crippen molar-refractivity contribution in [3.8, 4) is 0 Å². The van der Waals surface area contributed by atoms with Crippen LogP contribution in [0.2, 0.25) is 0 Å². The van der Waals surface area contributed by atoms with Gasteiger partial charge in [0.15, 0.2) is 0 Å². The predicted molar refractivity (Wildman–Crippen MR) is 95.6 cm³/mol. The van der Waals surface area contributed by atoms with Crippen LogP contribution in [-0.2, 0) is 17.8 Å². The van der Waals surface area contributed by atoms with Gasteiger partial charge in [-0.25, -0.2) is 0 Å². The van der Waals surface area contributed by atoms with Crippen molar-refractivity contribution < 1.29 is 4.79 Å². The van der Waals surface area contributed by atoms with E-state index in [1.807, 2.05) is 36.4 Å². The molecule has 0 aliphatic rings. The number of hydrogen-bond acceptors (Lipinski definition) is 2. The third-order valence-corrected chi connectivity index (χ3v) is 4.13. The highest BCUT2D eigenvalue weighted by molar-refractivity contribution is 6.07. The van der Waals surface area contributed by atoms with Gasteiger partial charge in [-0.05, 0) is 29.8 Å². The minimum absolute atomic E-state index is 0.00360. The highest BCUT2D eigenvalue weighted by atomic mass is 16.1. The molecule has 0 aliphatic carbocycles. The number of amides is 1. The van der Waals surface area contributed by atoms with Crippen LogP contribution < -0.4 is 5.32 Å². The molecule has 118 valence electrons. The minimum Gasteiger partial charge on any atom is -0.355 e. The first kappa shape index (κ1) is 14.5. The molecule has 2 aromatic heterocycles. The number of rotatable bonds is 4. The van der Waals surface area contributed by atoms with Crippen molar-refractivity contribution in [2.75, 3.05) is 0 Å². The van der Waals surface area contributed by atoms with E-state index in [1.165, 1.54) is 10.8 Å². The van der Waals surface area contributed by atoms with Gasteiger partial charge in [-0.2, -0.15) is 0 Å². The summed E-state index contributed by atoms with van der Waals surface area (Å²) < 4.78 is 0. The molecule has 0 saturated heterocycles. The van der Waals surface area contributed by atoms with Crippen LogP contribution in [0.5, 0.6) is 0 Å². The molecular weight excluding hydrogens is 298 g/mol. The molecule has 0 spiro atoms. The zero-order valence-corrected chi connectivity index (χ0v) is 13.1. The number of H-pyrrole nitrogens is 1. The third-order valence-electron chi connectivity index (χ3n) is 4.13. The fraction of sp³-hybridized carbons (Fsp3) is 0.100. The van der Waals surface area contributed by atoms with Crippen LogP contribution in [0.15, 0.2) is 66.9 Å². The maximum Gasteiger partial charge on any atom is 0.224 e. The monoisotopic (exact) mass is 315 g/mol. The van der Waals surface area contributed by atoms with Crippen LogP contribution in [0.1, 0.15) is 11.3 Å². The Morgan fingerprint density at radius 2 is 1.79 bits per heavy atom. The Kier molecular flexibility index (Phi) is 3.71. The van der Waals surface area contributed by atoms with Gasteiger partial charge in [0.25, 0.3) is 0 Å². The Morgan fingerprint density at radius 1 is 0.958 bits per heavy atom. The van der Waals surface area contributed by atoms with Crippen molar-refractivity contribution in [1.29, 1.82) is 0 Å². The standard InChI is InChI=1S/C20H17N3O/c24-20(22-13-15-5-3-4-10-21-15)12-14-8-9-17-16-6-1-2-7-18(16)23-19(17)11-14/h1-11,23H,12-13H2,(H,22,24). The molecule has 2 heterocycles. The Morgan fingerprint density at radius 3 is 2.67 bits per heavy atom. The van der Waals surface area contributed by atoms with Crippen molar-refractivity contribution >= 4 is 27.7 Å². The third kappa shape index (κ3) is 2.86. The van der Waals surface area contributed by atoms with Gasteiger partial charge in [-0.15, -0.1) is 0 Å². The molecule has 4 nitrogen and oxygen atoms in total. The van der Waals surface area contributed by atoms with Crippen molar-refractivity contribution in [3.63, 3.8) is 0 Å². The lowest BCUT2D eigenvalue weighted by atomic mass is 10.1. The van der Waals surface area contributed by atoms with E-state index in [2.05, 4.69) is 39.6 Å². The van der Waals surface area contributed by atoms with E-state index in [1.54, 1.807) is 6.20 Å². The lowest BCUT2D eigenvalue weighted by Crippen LogP contribution is -2.24. The number of hydrogen-bond donors (Lipinski definition) is 2. The normalized spacial score (nSPS) is 11.0. The molecule has 0 fully saturated rings. The first-order valence-corrected chi connectivity index (χ1v) is 7.95. The Labute approximate surface area is 139 Å². The summed E-state index contributed by atoms with van der Waals surface area (Å²) in [6.45, 7) is 0.453. The average Bonchev–Trinajstić information content (AvgIpc) is 2.98. The Hall–Kier alpha value is -3.14. The van der Waals surface area contributed by atoms with Gasteiger partial charge in [0.05, 0.1) is 18.7 Å². The first-order valence-electron chi connectivity index (χ1n) is 7.95. The van der Waals surface area contributed by atoms with Gasteiger partial charge in [-0.3, -0.25) is 9.78 Å². The number of nitrogens with zero attached hydrogens (tertiary/aromatic N) is 1. The van der Waals surface area contributed by atoms with Crippen molar-refractivity contribution in [3.05, 3.63) is 78.1 Å². The maximum absolute atomic E-state index is 12.1. The number of carbonyl (C=O) groups is 1. The molecule has 4 aromatic rings. The van der Waals surface area contributed by atoms with Gasteiger partial charge in [0.2, 0.25) is 5.91 Å². The van der Waals surface area contributed by atoms with Gasteiger partial charge < -0.3 is 10.3 Å². The highest BCUT2D eigenvalue weighted by Gasteiger charge is 2.07. The van der Waals surface area contributed by atoms with E-state index in [9.17, 15) is 4.79 Å². The smallest absolute Gasteiger partial charge is 0.224 e. The Balaban J connectivity index is 1.50. The van der Waals surface area contributed by atoms with E-state index in [0.29, 0.717) is 13.0 Å². The minimum atomic E-state index is -0.00360. The van der Waals surface area contributed by atoms with Crippen LogP contribution in [-0.4, -0.2) is 15.9 Å². The molecule has 0 radical (unpaired) electrons. The quantitative estimate of drug-likeness (QED) is 0.605. The van der Waals surface area contributed by atoms with Gasteiger partial charge >= 0.3 is 0 Å². The van der Waals surface area contributed by atoms with Crippen LogP contribution in [0.25, 0.3) is 21.8 Å². The topological polar surface area (TPSA) is 57.8 Å². The molecular formula is C20H17N3O. The fourth-order valence-corrected chi connectivity index (χ4v) is 2.95. The van der Waals surface area contributed by atoms with Gasteiger partial charge in [-0.1, -0.05) is 36.4 Å². The van der Waals surface area contributed by atoms with Crippen molar-refractivity contribution in [2.24, 2.45) is 0 Å². The largest absolute Gasteiger partial charge is 0.355 e. The molecule has 1 amide bonds. The molecule has 2 aromatic carbocycles. The molecule has 0 unspecified atom stereocenters. The first-order chi connectivity index (χ1) is 11.8. The Bertz CT molecular complexity index is 1010. The highest BCUT2D eigenvalue weighted by Crippen LogP contribution is 2.25. The number of nitrogens with one attached hydrogen (secondary N) is 2. The summed E-state index contributed by atoms with van der Waals surface area (Å²) in [6.07, 6.45) is 2.09. The molecule has 4 heteroatoms. The van der Waals surface area contributed by atoms with Crippen LogP contribution in [0.3, 0.4) is 0 Å². The summed E-state index contributed by atoms with van der Waals surface area (Å²) in [6, 6.07) is 20.0. The maximum atomic E-state index is 12.1. The summed E-state index contributed by atoms with van der Waals surface area (Å²) >= 11 is 0. The lowest BCUT2D eigenvalue weighted by molar-refractivity contribution is -0.120. The second kappa shape index (κ2) is 6.16. The molecule has 24 heavy (non-hydrogen) atoms. The van der Waals surface area contributed by atoms with Crippen LogP contribution in [0, 0.1) is 0 Å². The average molecular weight is 315 g/mol. The molecule has 0 saturated carbocycles. The summed E-state index contributed by atoms with van der Waals surface area (Å²) in [5.74, 6) is -0.00360. The number of carbonyl (C=O) groups excluding carboxylic acids is 1. The molecule has 0 atom stereocenters. The predicted octanol–water partition coefficient (Wildman–Crippen LogP) is 3.58. The lowest BCUT2D eigenvalue weighted by Gasteiger charge is -2.05. The molecule has 0 bridgehead atoms. The second-order valence-corrected chi connectivity index (χ2v) is 5.83. The SMILES string of the molecule is O=C(Cc1ccc2c(c1)[nH]c1ccccc12)NCc1ccccn1. The number of benzene rings is 2. The van der Waals surface area contributed by atoms with Crippen LogP contribution >= 0.6 is 0 Å². The zero-order valence-electron chi connectivity index (χ0n) is 13.1. The van der Waals surface area contributed by atoms with E-state index >= 15 is 0 Å². The summed E-state index contributed by atoms with van der Waals surface area (Å²) in [7, 11) is 0. The second-order valence-electron chi connectivity index (χ2n) is 5.83. The van der Waals surface area contributed by atoms with E-state index in [0.717, 1.165) is 22.3 Å². The number of pyridine rings is 1. The summed E-state index contributed by atoms with van der Waals surface area (Å²) in [4.78, 5) is 19.8. The molecule has 0 aliphatic heterocycles. The van der Waals surface area contributed by atoms with E-state index in [4.69, 9.17) is 0 Å². The zero-order chi connectivity index (χ0) is 16.4. The van der Waals surface area contributed by atoms with Gasteiger partial charge in [0.1, 0.15) is 0 Å². The van der Waals surface area contributed by atoms with Gasteiger partial charge in [0, 0.05) is 28.0 Å². The number of aromatic amines is 1. The van der Waals surface area contributed by atoms with E-state index in [-0.39, 0.29) is 5.91 Å². The number of fused-ring (bicyclic) bond motifs is 3. The molecule has 2 N–H and O–H groups in total. The van der Waals surface area contributed by atoms with Crippen molar-refractivity contribution in [2.45, 2.75) is 13.0 Å². The fourth-order valence-electron chi connectivity index (χ4n) is 2.95. The van der Waals surface area contributed by atoms with Crippen molar-refractivity contribution in [1.82, 2.24) is 15.3 Å². The molecule has 4 rings (SSSR count). The summed E-state index contributed by atoms with van der Waals surface area (Å²) in [5, 5.41) is 5.30. The summed E-state index contributed by atoms with van der Waals surface area (Å²) in [5.41, 5.74) is 4.03. The number of aromatic nitrogens is 2. The number of para-hydroxylation sites is 1. The van der Waals surface area contributed by atoms with E-state index < -0.39 is 0 Å².